The molecule has 166 valence electrons. The minimum atomic E-state index is -0.362. The molecule has 0 spiro atoms. The average molecular weight is 474 g/mol. The van der Waals surface area contributed by atoms with Gasteiger partial charge < -0.3 is 18.6 Å². The largest absolute Gasteiger partial charge is 0.489 e. The first-order chi connectivity index (χ1) is 15.5. The Hall–Kier alpha value is -2.51. The lowest BCUT2D eigenvalue weighted by molar-refractivity contribution is 0.0206. The summed E-state index contributed by atoms with van der Waals surface area (Å²) in [7, 11) is 0. The van der Waals surface area contributed by atoms with Gasteiger partial charge in [-0.3, -0.25) is 4.90 Å². The highest BCUT2D eigenvalue weighted by molar-refractivity contribution is 6.35. The summed E-state index contributed by atoms with van der Waals surface area (Å²) in [6.07, 6.45) is 1.92. The van der Waals surface area contributed by atoms with E-state index in [0.717, 1.165) is 35.4 Å². The Morgan fingerprint density at radius 1 is 1.16 bits per heavy atom. The van der Waals surface area contributed by atoms with Gasteiger partial charge in [0.15, 0.2) is 5.75 Å². The summed E-state index contributed by atoms with van der Waals surface area (Å²) in [5.74, 6) is 2.06. The maximum atomic E-state index is 11.6. The lowest BCUT2D eigenvalue weighted by Gasteiger charge is -2.32. The highest BCUT2D eigenvalue weighted by atomic mass is 35.5. The minimum absolute atomic E-state index is 0.0955. The molecule has 32 heavy (non-hydrogen) atoms. The third-order valence-electron chi connectivity index (χ3n) is 5.69. The summed E-state index contributed by atoms with van der Waals surface area (Å²) in [5.41, 5.74) is 1.97. The van der Waals surface area contributed by atoms with E-state index in [0.29, 0.717) is 46.9 Å². The molecule has 0 N–H and O–H groups in total. The Balaban J connectivity index is 1.40. The van der Waals surface area contributed by atoms with Gasteiger partial charge in [-0.2, -0.15) is 0 Å². The van der Waals surface area contributed by atoms with Crippen molar-refractivity contribution in [3.05, 3.63) is 79.8 Å². The fourth-order valence-electron chi connectivity index (χ4n) is 4.19. The van der Waals surface area contributed by atoms with Crippen molar-refractivity contribution in [1.82, 2.24) is 4.90 Å². The second-order valence-electron chi connectivity index (χ2n) is 7.78. The van der Waals surface area contributed by atoms with Crippen LogP contribution in [0.15, 0.2) is 57.4 Å². The average Bonchev–Trinajstić information content (AvgIpc) is 3.13. The molecule has 0 amide bonds. The van der Waals surface area contributed by atoms with Crippen LogP contribution in [0.4, 0.5) is 0 Å². The highest BCUT2D eigenvalue weighted by Gasteiger charge is 2.36. The third-order valence-corrected chi connectivity index (χ3v) is 6.19. The molecule has 1 aromatic heterocycles. The van der Waals surface area contributed by atoms with Crippen molar-refractivity contribution in [1.29, 1.82) is 0 Å². The van der Waals surface area contributed by atoms with E-state index in [2.05, 4.69) is 4.90 Å². The second-order valence-corrected chi connectivity index (χ2v) is 8.63. The summed E-state index contributed by atoms with van der Waals surface area (Å²) < 4.78 is 22.9. The van der Waals surface area contributed by atoms with Gasteiger partial charge in [-0.15, -0.1) is 0 Å². The molecule has 1 fully saturated rings. The van der Waals surface area contributed by atoms with Gasteiger partial charge in [0, 0.05) is 35.1 Å². The van der Waals surface area contributed by atoms with Crippen molar-refractivity contribution in [2.45, 2.75) is 13.0 Å². The number of hydrogen-bond acceptors (Lipinski definition) is 6. The molecule has 0 aliphatic carbocycles. The Bertz CT molecular complexity index is 1260. The minimum Gasteiger partial charge on any atom is -0.489 e. The van der Waals surface area contributed by atoms with Crippen LogP contribution in [0.5, 0.6) is 11.5 Å². The summed E-state index contributed by atoms with van der Waals surface area (Å²) >= 11 is 12.7. The zero-order chi connectivity index (χ0) is 22.2. The van der Waals surface area contributed by atoms with Crippen molar-refractivity contribution in [2.75, 3.05) is 32.9 Å². The van der Waals surface area contributed by atoms with E-state index >= 15 is 0 Å². The summed E-state index contributed by atoms with van der Waals surface area (Å²) in [5, 5.41) is 1.90. The molecule has 3 heterocycles. The van der Waals surface area contributed by atoms with Crippen LogP contribution >= 0.6 is 23.2 Å². The molecular formula is C24H21Cl2NO5. The molecular weight excluding hydrogens is 453 g/mol. The Morgan fingerprint density at radius 3 is 2.78 bits per heavy atom. The van der Waals surface area contributed by atoms with E-state index in [9.17, 15) is 4.79 Å². The first kappa shape index (κ1) is 21.3. The van der Waals surface area contributed by atoms with Crippen molar-refractivity contribution >= 4 is 34.2 Å². The molecule has 6 nitrogen and oxygen atoms in total. The van der Waals surface area contributed by atoms with Gasteiger partial charge in [0.1, 0.15) is 23.7 Å². The van der Waals surface area contributed by atoms with Crippen molar-refractivity contribution < 1.29 is 18.6 Å². The number of hydrogen-bond donors (Lipinski definition) is 0. The topological polar surface area (TPSA) is 61.1 Å². The van der Waals surface area contributed by atoms with E-state index in [-0.39, 0.29) is 11.7 Å². The molecule has 1 atom stereocenters. The number of aryl methyl sites for hydroxylation is 1. The Labute approximate surface area is 194 Å². The van der Waals surface area contributed by atoms with Gasteiger partial charge in [0.05, 0.1) is 24.3 Å². The molecule has 8 heteroatoms. The Morgan fingerprint density at radius 2 is 1.97 bits per heavy atom. The molecule has 2 aromatic carbocycles. The van der Waals surface area contributed by atoms with Gasteiger partial charge in [-0.25, -0.2) is 4.79 Å². The molecule has 0 radical (unpaired) electrons. The lowest BCUT2D eigenvalue weighted by Crippen LogP contribution is -2.39. The number of ether oxygens (including phenoxy) is 3. The van der Waals surface area contributed by atoms with Crippen molar-refractivity contribution in [3.63, 3.8) is 0 Å². The number of nitrogens with zero attached hydrogens (tertiary/aromatic N) is 1. The van der Waals surface area contributed by atoms with Crippen LogP contribution in [0.3, 0.4) is 0 Å². The lowest BCUT2D eigenvalue weighted by atomic mass is 10.0. The zero-order valence-electron chi connectivity index (χ0n) is 17.4. The third kappa shape index (κ3) is 4.11. The smallest absolute Gasteiger partial charge is 0.336 e. The van der Waals surface area contributed by atoms with Gasteiger partial charge in [-0.1, -0.05) is 23.2 Å². The van der Waals surface area contributed by atoms with Crippen LogP contribution in [0.1, 0.15) is 17.2 Å². The molecule has 2 aliphatic rings. The quantitative estimate of drug-likeness (QED) is 0.489. The van der Waals surface area contributed by atoms with E-state index in [1.54, 1.807) is 18.2 Å². The number of fused-ring (bicyclic) bond motifs is 2. The maximum absolute atomic E-state index is 11.6. The number of morpholine rings is 1. The maximum Gasteiger partial charge on any atom is 0.336 e. The summed E-state index contributed by atoms with van der Waals surface area (Å²) in [6, 6.07) is 10.4. The van der Waals surface area contributed by atoms with Crippen LogP contribution in [0.2, 0.25) is 10.0 Å². The van der Waals surface area contributed by atoms with Crippen LogP contribution in [-0.4, -0.2) is 37.8 Å². The van der Waals surface area contributed by atoms with E-state index in [1.807, 2.05) is 25.1 Å². The van der Waals surface area contributed by atoms with E-state index in [4.69, 9.17) is 41.8 Å². The van der Waals surface area contributed by atoms with E-state index < -0.39 is 0 Å². The number of rotatable bonds is 4. The monoisotopic (exact) mass is 473 g/mol. The zero-order valence-corrected chi connectivity index (χ0v) is 18.9. The number of halogens is 2. The van der Waals surface area contributed by atoms with E-state index in [1.165, 1.54) is 6.07 Å². The van der Waals surface area contributed by atoms with Gasteiger partial charge >= 0.3 is 5.63 Å². The standard InChI is InChI=1S/C24H21Cl2NO5/c1-14-10-22(28)31-20-3-2-16(13-17(14)20)30-7-4-21-23(27-5-8-29-9-6-27)18-11-15(25)12-19(26)24(18)32-21/h2-4,10-13,23H,5-9H2,1H3/b21-4-. The van der Waals surface area contributed by atoms with Crippen LogP contribution < -0.4 is 15.1 Å². The molecule has 0 saturated carbocycles. The highest BCUT2D eigenvalue weighted by Crippen LogP contribution is 2.47. The van der Waals surface area contributed by atoms with Gasteiger partial charge in [0.2, 0.25) is 0 Å². The van der Waals surface area contributed by atoms with Crippen LogP contribution in [0.25, 0.3) is 11.0 Å². The summed E-state index contributed by atoms with van der Waals surface area (Å²) in [6.45, 7) is 5.07. The Kier molecular flexibility index (Phi) is 5.86. The first-order valence-corrected chi connectivity index (χ1v) is 11.1. The van der Waals surface area contributed by atoms with Gasteiger partial charge in [0.25, 0.3) is 0 Å². The van der Waals surface area contributed by atoms with Crippen molar-refractivity contribution in [3.8, 4) is 11.5 Å². The van der Waals surface area contributed by atoms with Crippen LogP contribution in [0, 0.1) is 6.92 Å². The van der Waals surface area contributed by atoms with Gasteiger partial charge in [-0.05, 0) is 48.9 Å². The molecule has 1 unspecified atom stereocenters. The van der Waals surface area contributed by atoms with Crippen LogP contribution in [-0.2, 0) is 4.74 Å². The fraction of sp³-hybridized carbons (Fsp3) is 0.292. The molecule has 2 aliphatic heterocycles. The fourth-order valence-corrected chi connectivity index (χ4v) is 4.74. The normalized spacial score (nSPS) is 19.8. The SMILES string of the molecule is Cc1cc(=O)oc2ccc(OC/C=C3\Oc4c(Cl)cc(Cl)cc4C3N3CCOCC3)cc12. The first-order valence-electron chi connectivity index (χ1n) is 10.4. The van der Waals surface area contributed by atoms with Crippen molar-refractivity contribution in [2.24, 2.45) is 0 Å². The molecule has 1 saturated heterocycles. The predicted molar refractivity (Wildman–Crippen MR) is 123 cm³/mol. The molecule has 5 rings (SSSR count). The second kappa shape index (κ2) is 8.79. The number of benzene rings is 2. The molecule has 0 bridgehead atoms. The summed E-state index contributed by atoms with van der Waals surface area (Å²) in [4.78, 5) is 13.9. The predicted octanol–water partition coefficient (Wildman–Crippen LogP) is 5.14. The molecule has 3 aromatic rings.